The van der Waals surface area contributed by atoms with Gasteiger partial charge in [0.25, 0.3) is 10.0 Å². The number of nitrogens with one attached hydrogen (secondary N) is 1. The number of carboxylic acid groups (broad SMARTS) is 1. The molecule has 0 atom stereocenters. The summed E-state index contributed by atoms with van der Waals surface area (Å²) in [5.41, 5.74) is 0.139. The smallest absolute Gasteiger partial charge is 0.335 e. The lowest BCUT2D eigenvalue weighted by molar-refractivity contribution is 0.0697. The molecule has 0 aliphatic rings. The van der Waals surface area contributed by atoms with Crippen molar-refractivity contribution in [1.82, 2.24) is 0 Å². The summed E-state index contributed by atoms with van der Waals surface area (Å²) < 4.78 is 27.0. The van der Waals surface area contributed by atoms with Crippen molar-refractivity contribution in [2.24, 2.45) is 0 Å². The second-order valence-electron chi connectivity index (χ2n) is 4.18. The Bertz CT molecular complexity index is 783. The van der Waals surface area contributed by atoms with E-state index in [1.54, 1.807) is 6.07 Å². The first kappa shape index (κ1) is 15.8. The quantitative estimate of drug-likeness (QED) is 0.869. The van der Waals surface area contributed by atoms with Gasteiger partial charge in [0.1, 0.15) is 4.21 Å². The van der Waals surface area contributed by atoms with Gasteiger partial charge in [0.15, 0.2) is 0 Å². The molecule has 8 heteroatoms. The number of carboxylic acids is 1. The number of rotatable bonds is 5. The van der Waals surface area contributed by atoms with Gasteiger partial charge in [-0.3, -0.25) is 4.72 Å². The average Bonchev–Trinajstić information content (AvgIpc) is 2.90. The van der Waals surface area contributed by atoms with Gasteiger partial charge in [-0.2, -0.15) is 0 Å². The van der Waals surface area contributed by atoms with E-state index in [1.807, 2.05) is 6.92 Å². The second kappa shape index (κ2) is 6.05. The molecule has 0 aliphatic carbocycles. The molecule has 2 rings (SSSR count). The molecule has 1 heterocycles. The fourth-order valence-corrected chi connectivity index (χ4v) is 4.28. The second-order valence-corrected chi connectivity index (χ2v) is 7.66. The molecule has 2 N–H and O–H groups in total. The van der Waals surface area contributed by atoms with Crippen LogP contribution in [0.3, 0.4) is 0 Å². The van der Waals surface area contributed by atoms with E-state index in [-0.39, 0.29) is 20.5 Å². The fraction of sp³-hybridized carbons (Fsp3) is 0.154. The van der Waals surface area contributed by atoms with Crippen LogP contribution in [0.4, 0.5) is 5.69 Å². The first-order valence-corrected chi connectivity index (χ1v) is 8.65. The Hall–Kier alpha value is -1.57. The molecule has 1 aromatic carbocycles. The Kier molecular flexibility index (Phi) is 4.55. The summed E-state index contributed by atoms with van der Waals surface area (Å²) in [6.45, 7) is 1.94. The third-order valence-corrected chi connectivity index (χ3v) is 6.11. The van der Waals surface area contributed by atoms with E-state index >= 15 is 0 Å². The molecule has 0 fully saturated rings. The number of benzene rings is 1. The lowest BCUT2D eigenvalue weighted by atomic mass is 10.2. The molecule has 2 aromatic rings. The highest BCUT2D eigenvalue weighted by Gasteiger charge is 2.18. The van der Waals surface area contributed by atoms with Crippen LogP contribution >= 0.6 is 22.9 Å². The fourth-order valence-electron chi connectivity index (χ4n) is 1.62. The van der Waals surface area contributed by atoms with E-state index in [2.05, 4.69) is 4.72 Å². The number of anilines is 1. The zero-order valence-electron chi connectivity index (χ0n) is 11.0. The van der Waals surface area contributed by atoms with Crippen molar-refractivity contribution < 1.29 is 18.3 Å². The van der Waals surface area contributed by atoms with Crippen molar-refractivity contribution in [3.8, 4) is 0 Å². The van der Waals surface area contributed by atoms with E-state index in [4.69, 9.17) is 16.7 Å². The zero-order valence-corrected chi connectivity index (χ0v) is 13.3. The Morgan fingerprint density at radius 2 is 2.05 bits per heavy atom. The highest BCUT2D eigenvalue weighted by Crippen LogP contribution is 2.28. The predicted molar refractivity (Wildman–Crippen MR) is 82.9 cm³/mol. The summed E-state index contributed by atoms with van der Waals surface area (Å²) in [5.74, 6) is -1.13. The van der Waals surface area contributed by atoms with Gasteiger partial charge >= 0.3 is 5.97 Å². The number of hydrogen-bond donors (Lipinski definition) is 2. The molecule has 21 heavy (non-hydrogen) atoms. The molecular formula is C13H12ClNO4S2. The SMILES string of the molecule is CCc1ccc(S(=O)(=O)Nc2ccc(C(=O)O)cc2Cl)s1. The molecule has 112 valence electrons. The standard InChI is InChI=1S/C13H12ClNO4S2/c1-2-9-4-6-12(20-9)21(18,19)15-11-5-3-8(13(16)17)7-10(11)14/h3-7,15H,2H2,1H3,(H,16,17). The minimum absolute atomic E-state index is 0.00709. The molecule has 0 bridgehead atoms. The van der Waals surface area contributed by atoms with Crippen molar-refractivity contribution in [2.45, 2.75) is 17.6 Å². The van der Waals surface area contributed by atoms with Crippen LogP contribution in [0, 0.1) is 0 Å². The van der Waals surface area contributed by atoms with Crippen LogP contribution in [0.5, 0.6) is 0 Å². The summed E-state index contributed by atoms with van der Waals surface area (Å²) in [6.07, 6.45) is 0.758. The van der Waals surface area contributed by atoms with Crippen LogP contribution in [0.25, 0.3) is 0 Å². The molecule has 0 spiro atoms. The van der Waals surface area contributed by atoms with Gasteiger partial charge in [0.2, 0.25) is 0 Å². The number of sulfonamides is 1. The molecule has 0 radical (unpaired) electrons. The van der Waals surface area contributed by atoms with Crippen molar-refractivity contribution >= 4 is 44.6 Å². The Balaban J connectivity index is 2.30. The minimum Gasteiger partial charge on any atom is -0.478 e. The summed E-state index contributed by atoms with van der Waals surface area (Å²) in [5, 5.41) is 8.88. The van der Waals surface area contributed by atoms with Gasteiger partial charge in [0.05, 0.1) is 16.3 Å². The lowest BCUT2D eigenvalue weighted by Crippen LogP contribution is -2.12. The summed E-state index contributed by atoms with van der Waals surface area (Å²) in [4.78, 5) is 11.8. The first-order valence-electron chi connectivity index (χ1n) is 5.98. The maximum Gasteiger partial charge on any atom is 0.335 e. The first-order chi connectivity index (χ1) is 9.83. The average molecular weight is 346 g/mol. The van der Waals surface area contributed by atoms with Gasteiger partial charge in [-0.05, 0) is 36.8 Å². The highest BCUT2D eigenvalue weighted by atomic mass is 35.5. The number of halogens is 1. The number of aryl methyl sites for hydroxylation is 1. The summed E-state index contributed by atoms with van der Waals surface area (Å²) in [6, 6.07) is 7.11. The number of aromatic carboxylic acids is 1. The Morgan fingerprint density at radius 1 is 1.33 bits per heavy atom. The summed E-state index contributed by atoms with van der Waals surface area (Å²) in [7, 11) is -3.72. The number of carbonyl (C=O) groups is 1. The monoisotopic (exact) mass is 345 g/mol. The van der Waals surface area contributed by atoms with Crippen molar-refractivity contribution in [3.63, 3.8) is 0 Å². The van der Waals surface area contributed by atoms with E-state index in [0.717, 1.165) is 11.3 Å². The van der Waals surface area contributed by atoms with Crippen LogP contribution in [0.2, 0.25) is 5.02 Å². The molecule has 0 amide bonds. The van der Waals surface area contributed by atoms with Gasteiger partial charge < -0.3 is 5.11 Å². The van der Waals surface area contributed by atoms with Gasteiger partial charge in [-0.1, -0.05) is 18.5 Å². The highest BCUT2D eigenvalue weighted by molar-refractivity contribution is 7.94. The Morgan fingerprint density at radius 3 is 2.57 bits per heavy atom. The van der Waals surface area contributed by atoms with Crippen LogP contribution < -0.4 is 4.72 Å². The molecule has 0 saturated carbocycles. The molecule has 5 nitrogen and oxygen atoms in total. The van der Waals surface area contributed by atoms with Crippen LogP contribution in [0.1, 0.15) is 22.2 Å². The maximum absolute atomic E-state index is 12.2. The minimum atomic E-state index is -3.72. The Labute approximate surface area is 131 Å². The maximum atomic E-state index is 12.2. The molecule has 1 aromatic heterocycles. The topological polar surface area (TPSA) is 83.5 Å². The van der Waals surface area contributed by atoms with Crippen molar-refractivity contribution in [1.29, 1.82) is 0 Å². The third-order valence-electron chi connectivity index (χ3n) is 2.71. The van der Waals surface area contributed by atoms with Crippen molar-refractivity contribution in [3.05, 3.63) is 45.8 Å². The largest absolute Gasteiger partial charge is 0.478 e. The van der Waals surface area contributed by atoms with E-state index in [0.29, 0.717) is 0 Å². The van der Waals surface area contributed by atoms with Gasteiger partial charge in [-0.25, -0.2) is 13.2 Å². The van der Waals surface area contributed by atoms with Crippen LogP contribution in [-0.4, -0.2) is 19.5 Å². The number of thiophene rings is 1. The number of hydrogen-bond acceptors (Lipinski definition) is 4. The summed E-state index contributed by atoms with van der Waals surface area (Å²) >= 11 is 7.10. The van der Waals surface area contributed by atoms with E-state index in [9.17, 15) is 13.2 Å². The van der Waals surface area contributed by atoms with Gasteiger partial charge in [-0.15, -0.1) is 11.3 Å². The van der Waals surface area contributed by atoms with E-state index in [1.165, 1.54) is 35.6 Å². The van der Waals surface area contributed by atoms with E-state index < -0.39 is 16.0 Å². The normalized spacial score (nSPS) is 11.3. The lowest BCUT2D eigenvalue weighted by Gasteiger charge is -2.08. The zero-order chi connectivity index (χ0) is 15.6. The molecular weight excluding hydrogens is 334 g/mol. The van der Waals surface area contributed by atoms with Gasteiger partial charge in [0, 0.05) is 4.88 Å². The molecule has 0 saturated heterocycles. The van der Waals surface area contributed by atoms with Crippen molar-refractivity contribution in [2.75, 3.05) is 4.72 Å². The van der Waals surface area contributed by atoms with Crippen LogP contribution in [0.15, 0.2) is 34.5 Å². The molecule has 0 aliphatic heterocycles. The van der Waals surface area contributed by atoms with Crippen LogP contribution in [-0.2, 0) is 16.4 Å². The third kappa shape index (κ3) is 3.55. The predicted octanol–water partition coefficient (Wildman–Crippen LogP) is 3.46. The molecule has 0 unspecified atom stereocenters.